The van der Waals surface area contributed by atoms with E-state index in [0.29, 0.717) is 98.7 Å². The van der Waals surface area contributed by atoms with Crippen LogP contribution in [0.5, 0.6) is 0 Å². The Morgan fingerprint density at radius 2 is 0.173 bits per heavy atom. The molecule has 0 aromatic rings. The minimum Gasteiger partial charge on any atom is -0.286 e. The van der Waals surface area contributed by atoms with Gasteiger partial charge in [-0.05, 0) is 197 Å². The molecule has 8 aliphatic carbocycles. The van der Waals surface area contributed by atoms with Gasteiger partial charge in [0.05, 0.1) is 98.7 Å². The Morgan fingerprint density at radius 3 is 0.235 bits per heavy atom. The zero-order valence-corrected chi connectivity index (χ0v) is 53.7. The molecule has 18 rings (SSSR count). The first kappa shape index (κ1) is 56.9. The second-order valence-electron chi connectivity index (χ2n) is 31.2. The van der Waals surface area contributed by atoms with Crippen LogP contribution in [0.1, 0.15) is 205 Å². The molecule has 17 heteroatoms. The third kappa shape index (κ3) is 10.6. The van der Waals surface area contributed by atoms with Crippen molar-refractivity contribution in [3.63, 3.8) is 0 Å². The predicted octanol–water partition coefficient (Wildman–Crippen LogP) is 5.21. The molecular weight excluding hydrogens is 1220 g/mol. The molecule has 18 aliphatic rings. The number of nitrogens with one attached hydrogen (secondary N) is 16. The quantitative estimate of drug-likeness (QED) is 0.151. The molecule has 0 aromatic heterocycles. The maximum absolute atomic E-state index is 4.26. The Bertz CT molecular complexity index is 1570. The maximum atomic E-state index is 4.26. The van der Waals surface area contributed by atoms with Gasteiger partial charge in [-0.25, -0.2) is 0 Å². The van der Waals surface area contributed by atoms with Gasteiger partial charge in [-0.1, -0.05) is 103 Å². The molecule has 10 saturated heterocycles. The zero-order valence-electron chi connectivity index (χ0n) is 49.6. The number of hydrogen-bond donors (Lipinski definition) is 16. The van der Waals surface area contributed by atoms with Crippen molar-refractivity contribution in [3.05, 3.63) is 0 Å². The van der Waals surface area contributed by atoms with Crippen LogP contribution in [0.2, 0.25) is 0 Å². The maximum Gasteiger partial charge on any atom is 0.0628 e. The van der Waals surface area contributed by atoms with Crippen molar-refractivity contribution < 1.29 is 39.9 Å². The van der Waals surface area contributed by atoms with E-state index in [1.54, 1.807) is 0 Å². The molecule has 0 spiro atoms. The Kier molecular flexibility index (Phi) is 17.2. The first-order valence-electron chi connectivity index (χ1n) is 35.8. The molecule has 18 fully saturated rings. The van der Waals surface area contributed by atoms with Gasteiger partial charge in [0.2, 0.25) is 0 Å². The van der Waals surface area contributed by atoms with Crippen LogP contribution in [0.3, 0.4) is 0 Å². The Balaban J connectivity index is 0.000000132. The van der Waals surface area contributed by atoms with E-state index in [-0.39, 0.29) is 39.9 Å². The summed E-state index contributed by atoms with van der Waals surface area (Å²) in [6, 6.07) is 0. The Hall–Kier alpha value is 0.685. The molecule has 10 heterocycles. The fourth-order valence-corrected chi connectivity index (χ4v) is 23.9. The van der Waals surface area contributed by atoms with Gasteiger partial charge in [0.1, 0.15) is 0 Å². The fraction of sp³-hybridized carbons (Fsp3) is 1.00. The SMILES string of the molecule is C1CCC2C3NC(NC4NC(NC5NC(NC6NC(N3)C3CCCCC63)C3CCCCC53)C3CCCCC43)C2C1.C1CCC2C3NC(NC4NC(NC5NC(NC6NC(N3)C3CCCCC63)C3CCCCC53)C3CCCCC43)C2C1.[Th]. The van der Waals surface area contributed by atoms with Crippen molar-refractivity contribution in [1.82, 2.24) is 85.1 Å². The van der Waals surface area contributed by atoms with Crippen LogP contribution in [0.4, 0.5) is 0 Å². The summed E-state index contributed by atoms with van der Waals surface area (Å²) < 4.78 is 0. The number of rotatable bonds is 0. The van der Waals surface area contributed by atoms with Crippen LogP contribution in [-0.4, -0.2) is 98.7 Å². The molecular formula is C64H112N16Th. The van der Waals surface area contributed by atoms with Crippen LogP contribution < -0.4 is 85.1 Å². The third-order valence-electron chi connectivity index (χ3n) is 27.6. The summed E-state index contributed by atoms with van der Waals surface area (Å²) in [5.41, 5.74) is 0. The summed E-state index contributed by atoms with van der Waals surface area (Å²) in [5.74, 6) is 11.9. The van der Waals surface area contributed by atoms with Crippen molar-refractivity contribution in [2.45, 2.75) is 304 Å². The van der Waals surface area contributed by atoms with Crippen LogP contribution in [0, 0.1) is 135 Å². The number of fused-ring (bicyclic) bond motifs is 40. The van der Waals surface area contributed by atoms with Crippen molar-refractivity contribution in [2.24, 2.45) is 94.7 Å². The molecule has 0 aromatic carbocycles. The Morgan fingerprint density at radius 1 is 0.111 bits per heavy atom. The molecule has 16 N–H and O–H groups in total. The summed E-state index contributed by atoms with van der Waals surface area (Å²) in [7, 11) is 0. The molecule has 16 atom stereocenters. The van der Waals surface area contributed by atoms with E-state index in [1.165, 1.54) is 205 Å². The second kappa shape index (κ2) is 24.5. The van der Waals surface area contributed by atoms with Gasteiger partial charge in [0, 0.05) is 39.9 Å². The molecule has 0 amide bonds. The molecule has 16 unspecified atom stereocenters. The monoisotopic (exact) mass is 1340 g/mol. The van der Waals surface area contributed by atoms with E-state index < -0.39 is 0 Å². The minimum absolute atomic E-state index is 0. The van der Waals surface area contributed by atoms with Gasteiger partial charge in [-0.3, -0.25) is 85.1 Å². The molecule has 452 valence electrons. The van der Waals surface area contributed by atoms with Gasteiger partial charge in [-0.2, -0.15) is 0 Å². The predicted molar refractivity (Wildman–Crippen MR) is 314 cm³/mol. The van der Waals surface area contributed by atoms with E-state index >= 15 is 0 Å². The van der Waals surface area contributed by atoms with Gasteiger partial charge >= 0.3 is 0 Å². The van der Waals surface area contributed by atoms with Crippen LogP contribution in [0.15, 0.2) is 0 Å². The topological polar surface area (TPSA) is 192 Å². The molecule has 8 saturated carbocycles. The van der Waals surface area contributed by atoms with Gasteiger partial charge < -0.3 is 0 Å². The second-order valence-corrected chi connectivity index (χ2v) is 31.2. The van der Waals surface area contributed by atoms with E-state index in [0.717, 1.165) is 94.7 Å². The van der Waals surface area contributed by atoms with E-state index in [1.807, 2.05) is 0 Å². The van der Waals surface area contributed by atoms with Gasteiger partial charge in [0.15, 0.2) is 0 Å². The van der Waals surface area contributed by atoms with Crippen molar-refractivity contribution in [1.29, 1.82) is 0 Å². The summed E-state index contributed by atoms with van der Waals surface area (Å²) in [4.78, 5) is 0. The van der Waals surface area contributed by atoms with Crippen molar-refractivity contribution in [2.75, 3.05) is 0 Å². The van der Waals surface area contributed by atoms with Crippen molar-refractivity contribution >= 4 is 0 Å². The van der Waals surface area contributed by atoms with Gasteiger partial charge in [-0.15, -0.1) is 0 Å². The molecule has 10 aliphatic heterocycles. The fourth-order valence-electron chi connectivity index (χ4n) is 23.9. The molecule has 16 bridgehead atoms. The van der Waals surface area contributed by atoms with E-state index in [2.05, 4.69) is 85.1 Å². The normalized spacial score (nSPS) is 56.9. The third-order valence-corrected chi connectivity index (χ3v) is 27.6. The average Bonchev–Trinajstić information content (AvgIpc) is 4.47. The molecule has 81 heavy (non-hydrogen) atoms. The summed E-state index contributed by atoms with van der Waals surface area (Å²) >= 11 is 0. The average molecular weight is 1340 g/mol. The summed E-state index contributed by atoms with van der Waals surface area (Å²) in [6.45, 7) is 0. The van der Waals surface area contributed by atoms with Crippen LogP contribution >= 0.6 is 0 Å². The first-order chi connectivity index (χ1) is 39.6. The summed E-state index contributed by atoms with van der Waals surface area (Å²) in [6.07, 6.45) is 51.1. The standard InChI is InChI=1S/2C32H56N8.Th/c2*1-2-10-18-17(9-1)25-33-26(18)38-28-21-13-5-6-14-22(21)30(35-28)40-32-24-16-8-7-15-23(24)31(36-32)39-29-20-12-4-3-11-19(20)27(34-29)37-25;/h2*17-40H,1-16H2;. The largest absolute Gasteiger partial charge is 0.286 e. The zero-order chi connectivity index (χ0) is 52.4. The first-order valence-corrected chi connectivity index (χ1v) is 35.8. The van der Waals surface area contributed by atoms with E-state index in [9.17, 15) is 0 Å². The van der Waals surface area contributed by atoms with Crippen molar-refractivity contribution in [3.8, 4) is 0 Å². The van der Waals surface area contributed by atoms with Crippen LogP contribution in [-0.2, 0) is 0 Å². The summed E-state index contributed by atoms with van der Waals surface area (Å²) in [5, 5.41) is 67.6. The smallest absolute Gasteiger partial charge is 0.0628 e. The molecule has 16 nitrogen and oxygen atoms in total. The minimum atomic E-state index is 0. The number of hydrogen-bond acceptors (Lipinski definition) is 16. The molecule has 0 radical (unpaired) electrons. The van der Waals surface area contributed by atoms with Gasteiger partial charge in [0.25, 0.3) is 0 Å². The van der Waals surface area contributed by atoms with Crippen LogP contribution in [0.25, 0.3) is 0 Å². The Labute approximate surface area is 520 Å². The van der Waals surface area contributed by atoms with E-state index in [4.69, 9.17) is 0 Å².